The van der Waals surface area contributed by atoms with E-state index in [9.17, 15) is 18.4 Å². The topological polar surface area (TPSA) is 87.5 Å². The number of nitrogens with two attached hydrogens (primary N) is 1. The van der Waals surface area contributed by atoms with Gasteiger partial charge in [0, 0.05) is 43.1 Å². The molecule has 0 spiro atoms. The van der Waals surface area contributed by atoms with Crippen LogP contribution in [0, 0.1) is 0 Å². The molecule has 0 aromatic carbocycles. The third-order valence-corrected chi connectivity index (χ3v) is 7.60. The number of nitrogens with zero attached hydrogens (tertiary/aromatic N) is 1. The van der Waals surface area contributed by atoms with E-state index in [0.29, 0.717) is 30.0 Å². The summed E-state index contributed by atoms with van der Waals surface area (Å²) < 4.78 is 29.1. The number of hydrogen-bond acceptors (Lipinski definition) is 6. The van der Waals surface area contributed by atoms with Crippen molar-refractivity contribution >= 4 is 23.5 Å². The fourth-order valence-corrected chi connectivity index (χ4v) is 4.79. The van der Waals surface area contributed by atoms with Gasteiger partial charge in [-0.25, -0.2) is 8.78 Å². The maximum absolute atomic E-state index is 14.6. The summed E-state index contributed by atoms with van der Waals surface area (Å²) in [5, 5.41) is 6.93. The summed E-state index contributed by atoms with van der Waals surface area (Å²) >= 11 is 1.05. The summed E-state index contributed by atoms with van der Waals surface area (Å²) in [5.74, 6) is -2.69. The van der Waals surface area contributed by atoms with E-state index in [1.807, 2.05) is 26.0 Å². The number of Topliss-reactive ketones (excluding diaryl/α,β-unsaturated/α-hetero) is 1. The number of carbonyl (C=O) groups excluding carboxylic acids is 2. The number of carbonyl (C=O) groups is 2. The first-order valence-corrected chi connectivity index (χ1v) is 14.0. The molecule has 0 aromatic rings. The zero-order valence-corrected chi connectivity index (χ0v) is 24.3. The van der Waals surface area contributed by atoms with Gasteiger partial charge in [0.05, 0.1) is 15.5 Å². The molecule has 1 amide bonds. The molecular weight excluding hydrogens is 518 g/mol. The van der Waals surface area contributed by atoms with Gasteiger partial charge in [0.2, 0.25) is 5.78 Å². The predicted octanol–water partition coefficient (Wildman–Crippen LogP) is 5.98. The van der Waals surface area contributed by atoms with Gasteiger partial charge in [0.15, 0.2) is 0 Å². The molecule has 1 heterocycles. The highest BCUT2D eigenvalue weighted by Gasteiger charge is 2.26. The van der Waals surface area contributed by atoms with Gasteiger partial charge in [-0.2, -0.15) is 0 Å². The molecule has 1 aliphatic heterocycles. The van der Waals surface area contributed by atoms with Gasteiger partial charge in [-0.3, -0.25) is 14.5 Å². The van der Waals surface area contributed by atoms with Gasteiger partial charge in [-0.1, -0.05) is 56.0 Å². The van der Waals surface area contributed by atoms with E-state index < -0.39 is 23.0 Å². The molecule has 0 aromatic heterocycles. The van der Waals surface area contributed by atoms with Crippen LogP contribution in [-0.4, -0.2) is 42.8 Å². The van der Waals surface area contributed by atoms with Crippen LogP contribution in [0.4, 0.5) is 8.78 Å². The molecule has 0 unspecified atom stereocenters. The molecule has 212 valence electrons. The fourth-order valence-electron chi connectivity index (χ4n) is 3.74. The van der Waals surface area contributed by atoms with E-state index in [1.165, 1.54) is 20.8 Å². The van der Waals surface area contributed by atoms with Gasteiger partial charge in [0.25, 0.3) is 5.91 Å². The Kier molecular flexibility index (Phi) is 13.2. The molecule has 0 radical (unpaired) electrons. The van der Waals surface area contributed by atoms with Crippen LogP contribution in [0.3, 0.4) is 0 Å². The van der Waals surface area contributed by atoms with Crippen LogP contribution >= 0.6 is 11.8 Å². The Morgan fingerprint density at radius 3 is 2.38 bits per heavy atom. The van der Waals surface area contributed by atoms with Crippen molar-refractivity contribution in [3.8, 4) is 0 Å². The number of nitrogens with one attached hydrogen (secondary N) is 2. The van der Waals surface area contributed by atoms with Crippen molar-refractivity contribution in [3.05, 3.63) is 92.2 Å². The van der Waals surface area contributed by atoms with Gasteiger partial charge in [-0.05, 0) is 57.8 Å². The van der Waals surface area contributed by atoms with Crippen molar-refractivity contribution < 1.29 is 18.4 Å². The Bertz CT molecular complexity index is 1180. The van der Waals surface area contributed by atoms with Crippen molar-refractivity contribution in [2.75, 3.05) is 26.2 Å². The molecule has 2 rings (SSSR count). The van der Waals surface area contributed by atoms with Crippen LogP contribution in [-0.2, 0) is 9.59 Å². The molecule has 9 heteroatoms. The zero-order valence-electron chi connectivity index (χ0n) is 23.5. The first-order valence-electron chi connectivity index (χ1n) is 13.2. The lowest BCUT2D eigenvalue weighted by Crippen LogP contribution is -2.34. The normalized spacial score (nSPS) is 18.0. The summed E-state index contributed by atoms with van der Waals surface area (Å²) in [6, 6.07) is 0. The number of halogens is 2. The van der Waals surface area contributed by atoms with Crippen molar-refractivity contribution in [3.63, 3.8) is 0 Å². The number of amides is 1. The van der Waals surface area contributed by atoms with Crippen LogP contribution in [0.2, 0.25) is 0 Å². The van der Waals surface area contributed by atoms with Gasteiger partial charge in [0.1, 0.15) is 11.7 Å². The average Bonchev–Trinajstić information content (AvgIpc) is 3.33. The van der Waals surface area contributed by atoms with E-state index in [0.717, 1.165) is 48.7 Å². The van der Waals surface area contributed by atoms with Crippen molar-refractivity contribution in [2.24, 2.45) is 5.73 Å². The Balaban J connectivity index is 2.17. The van der Waals surface area contributed by atoms with E-state index in [-0.39, 0.29) is 22.9 Å². The Morgan fingerprint density at radius 2 is 1.79 bits per heavy atom. The van der Waals surface area contributed by atoms with E-state index in [4.69, 9.17) is 5.73 Å². The summed E-state index contributed by atoms with van der Waals surface area (Å²) in [6.07, 6.45) is 13.7. The average molecular weight is 559 g/mol. The SMILES string of the molecule is C/C=C(F)\C(C(=O)/C(S/C(NC1=CCC=C(C(=O)NCCN2CC=CC2)C=C1)=C(\C)CC)=C(/C)N)=C(\F)CC. The lowest BCUT2D eigenvalue weighted by atomic mass is 10.1. The summed E-state index contributed by atoms with van der Waals surface area (Å²) in [4.78, 5) is 28.3. The number of ketones is 1. The van der Waals surface area contributed by atoms with Gasteiger partial charge >= 0.3 is 0 Å². The van der Waals surface area contributed by atoms with E-state index >= 15 is 0 Å². The minimum Gasteiger partial charge on any atom is -0.401 e. The first-order chi connectivity index (χ1) is 18.6. The monoisotopic (exact) mass is 558 g/mol. The molecule has 0 fully saturated rings. The molecule has 39 heavy (non-hydrogen) atoms. The minimum absolute atomic E-state index is 0.0468. The molecule has 0 bridgehead atoms. The minimum atomic E-state index is -0.923. The predicted molar refractivity (Wildman–Crippen MR) is 157 cm³/mol. The highest BCUT2D eigenvalue weighted by Crippen LogP contribution is 2.35. The maximum Gasteiger partial charge on any atom is 0.251 e. The Labute approximate surface area is 235 Å². The maximum atomic E-state index is 14.6. The first kappa shape index (κ1) is 32.0. The van der Waals surface area contributed by atoms with Crippen molar-refractivity contribution in [1.82, 2.24) is 15.5 Å². The van der Waals surface area contributed by atoms with Crippen LogP contribution in [0.25, 0.3) is 0 Å². The molecule has 6 nitrogen and oxygen atoms in total. The largest absolute Gasteiger partial charge is 0.401 e. The summed E-state index contributed by atoms with van der Waals surface area (Å²) in [6.45, 7) is 11.5. The molecule has 1 aliphatic carbocycles. The van der Waals surface area contributed by atoms with E-state index in [2.05, 4.69) is 27.7 Å². The van der Waals surface area contributed by atoms with Crippen molar-refractivity contribution in [1.29, 1.82) is 0 Å². The highest BCUT2D eigenvalue weighted by molar-refractivity contribution is 8.07. The lowest BCUT2D eigenvalue weighted by molar-refractivity contribution is -0.117. The molecule has 0 atom stereocenters. The summed E-state index contributed by atoms with van der Waals surface area (Å²) in [7, 11) is 0. The van der Waals surface area contributed by atoms with E-state index in [1.54, 1.807) is 12.2 Å². The second-order valence-corrected chi connectivity index (χ2v) is 10.2. The van der Waals surface area contributed by atoms with Crippen LogP contribution in [0.1, 0.15) is 53.9 Å². The number of rotatable bonds is 13. The molecule has 0 saturated heterocycles. The Morgan fingerprint density at radius 1 is 1.10 bits per heavy atom. The second-order valence-electron chi connectivity index (χ2n) is 9.18. The van der Waals surface area contributed by atoms with Crippen LogP contribution in [0.5, 0.6) is 0 Å². The number of thioether (sulfide) groups is 1. The quantitative estimate of drug-likeness (QED) is 0.147. The highest BCUT2D eigenvalue weighted by atomic mass is 32.2. The van der Waals surface area contributed by atoms with Crippen LogP contribution in [0.15, 0.2) is 92.2 Å². The lowest BCUT2D eigenvalue weighted by Gasteiger charge is -2.18. The smallest absolute Gasteiger partial charge is 0.251 e. The Hall–Kier alpha value is -3.17. The standard InChI is InChI=1S/C30H40F2N4O2S/c1-6-20(4)30(39-28(21(5)33)27(37)26(24(31)7-2)25(32)8-3)35-23-13-11-12-22(14-15-23)29(38)34-16-19-36-17-9-10-18-36/h7,9-10,12-15,35H,6,8,11,16-19,33H2,1-5H3,(H,34,38)/b24-7+,26-25-,28-21+,30-20+. The molecule has 0 saturated carbocycles. The number of allylic oxidation sites excluding steroid dienone is 10. The zero-order chi connectivity index (χ0) is 28.9. The molecular formula is C30H40F2N4O2S. The van der Waals surface area contributed by atoms with Crippen molar-refractivity contribution in [2.45, 2.75) is 53.9 Å². The fraction of sp³-hybridized carbons (Fsp3) is 0.400. The summed E-state index contributed by atoms with van der Waals surface area (Å²) in [5.41, 5.74) is 7.83. The second kappa shape index (κ2) is 16.1. The molecule has 2 aliphatic rings. The third kappa shape index (κ3) is 9.51. The molecule has 4 N–H and O–H groups in total. The van der Waals surface area contributed by atoms with Gasteiger partial charge < -0.3 is 16.4 Å². The number of hydrogen-bond donors (Lipinski definition) is 3. The van der Waals surface area contributed by atoms with Gasteiger partial charge in [-0.15, -0.1) is 0 Å². The third-order valence-electron chi connectivity index (χ3n) is 6.23. The van der Waals surface area contributed by atoms with Crippen LogP contribution < -0.4 is 16.4 Å².